The van der Waals surface area contributed by atoms with Crippen molar-refractivity contribution in [2.75, 3.05) is 0 Å². The van der Waals surface area contributed by atoms with Crippen molar-refractivity contribution >= 4 is 43.2 Å². The summed E-state index contributed by atoms with van der Waals surface area (Å²) in [6.45, 7) is 0. The minimum atomic E-state index is -0.280. The lowest BCUT2D eigenvalue weighted by molar-refractivity contribution is -0.0192. The van der Waals surface area contributed by atoms with Crippen LogP contribution in [0.25, 0.3) is 0 Å². The van der Waals surface area contributed by atoms with Gasteiger partial charge >= 0.3 is 0 Å². The molecule has 1 nitrogen and oxygen atoms in total. The highest BCUT2D eigenvalue weighted by atomic mass is 79.9. The summed E-state index contributed by atoms with van der Waals surface area (Å²) >= 11 is 8.77. The van der Waals surface area contributed by atoms with Gasteiger partial charge in [-0.2, -0.15) is 0 Å². The number of thiophene rings is 1. The number of halogens is 2. The van der Waals surface area contributed by atoms with E-state index in [0.29, 0.717) is 5.92 Å². The Hall–Kier alpha value is 0.620. The second-order valence-corrected chi connectivity index (χ2v) is 9.43. The molecule has 1 aromatic heterocycles. The van der Waals surface area contributed by atoms with E-state index in [2.05, 4.69) is 37.9 Å². The van der Waals surface area contributed by atoms with E-state index < -0.39 is 0 Å². The van der Waals surface area contributed by atoms with E-state index in [4.69, 9.17) is 0 Å². The van der Waals surface area contributed by atoms with E-state index in [0.717, 1.165) is 25.0 Å². The van der Waals surface area contributed by atoms with Crippen molar-refractivity contribution in [1.29, 1.82) is 0 Å². The molecule has 4 heteroatoms. The van der Waals surface area contributed by atoms with E-state index >= 15 is 0 Å². The minimum absolute atomic E-state index is 0.280. The fraction of sp³-hybridized carbons (Fsp3) is 0.714. The van der Waals surface area contributed by atoms with Crippen molar-refractivity contribution in [2.24, 2.45) is 17.8 Å². The second-order valence-electron chi connectivity index (χ2n) is 5.68. The molecule has 3 rings (SSSR count). The van der Waals surface area contributed by atoms with Crippen molar-refractivity contribution in [3.63, 3.8) is 0 Å². The van der Waals surface area contributed by atoms with Crippen LogP contribution in [0.15, 0.2) is 13.6 Å². The van der Waals surface area contributed by atoms with Crippen LogP contribution < -0.4 is 0 Å². The zero-order valence-electron chi connectivity index (χ0n) is 10.2. The Bertz CT molecular complexity index is 409. The van der Waals surface area contributed by atoms with Gasteiger partial charge in [-0.15, -0.1) is 11.3 Å². The molecule has 0 radical (unpaired) electrons. The van der Waals surface area contributed by atoms with Gasteiger partial charge in [-0.25, -0.2) is 0 Å². The summed E-state index contributed by atoms with van der Waals surface area (Å²) < 4.78 is 2.19. The van der Waals surface area contributed by atoms with Gasteiger partial charge in [0.25, 0.3) is 0 Å². The Labute approximate surface area is 129 Å². The van der Waals surface area contributed by atoms with Gasteiger partial charge in [0.05, 0.1) is 13.7 Å². The smallest absolute Gasteiger partial charge is 0.0843 e. The van der Waals surface area contributed by atoms with Crippen LogP contribution in [0.4, 0.5) is 0 Å². The Morgan fingerprint density at radius 1 is 1.11 bits per heavy atom. The van der Waals surface area contributed by atoms with Gasteiger partial charge < -0.3 is 5.11 Å². The Morgan fingerprint density at radius 2 is 1.67 bits per heavy atom. The topological polar surface area (TPSA) is 20.2 Å². The molecule has 2 fully saturated rings. The number of aliphatic hydroxyl groups excluding tert-OH is 1. The second kappa shape index (κ2) is 5.55. The number of hydrogen-bond donors (Lipinski definition) is 1. The lowest BCUT2D eigenvalue weighted by Gasteiger charge is -2.45. The first kappa shape index (κ1) is 13.6. The minimum Gasteiger partial charge on any atom is -0.388 e. The number of rotatable bonds is 4. The quantitative estimate of drug-likeness (QED) is 0.713. The molecule has 2 aliphatic carbocycles. The van der Waals surface area contributed by atoms with Crippen molar-refractivity contribution in [1.82, 2.24) is 0 Å². The van der Waals surface area contributed by atoms with E-state index in [1.807, 2.05) is 0 Å². The summed E-state index contributed by atoms with van der Waals surface area (Å²) in [6.07, 6.45) is 7.71. The molecule has 1 heterocycles. The first-order chi connectivity index (χ1) is 8.66. The maximum atomic E-state index is 10.8. The van der Waals surface area contributed by atoms with E-state index in [-0.39, 0.29) is 6.10 Å². The highest BCUT2D eigenvalue weighted by Crippen LogP contribution is 2.51. The predicted molar refractivity (Wildman–Crippen MR) is 82.9 cm³/mol. The van der Waals surface area contributed by atoms with E-state index in [9.17, 15) is 5.11 Å². The summed E-state index contributed by atoms with van der Waals surface area (Å²) in [6, 6.07) is 2.09. The van der Waals surface area contributed by atoms with Gasteiger partial charge in [0.1, 0.15) is 0 Å². The third kappa shape index (κ3) is 2.46. The molecule has 0 aliphatic heterocycles. The van der Waals surface area contributed by atoms with Crippen LogP contribution in [-0.2, 0) is 0 Å². The lowest BCUT2D eigenvalue weighted by atomic mass is 9.62. The summed E-state index contributed by atoms with van der Waals surface area (Å²) in [5, 5.41) is 10.8. The zero-order valence-corrected chi connectivity index (χ0v) is 14.2. The van der Waals surface area contributed by atoms with Crippen LogP contribution in [0, 0.1) is 17.8 Å². The molecule has 18 heavy (non-hydrogen) atoms. The molecular formula is C14H18Br2OS. The Kier molecular flexibility index (Phi) is 4.19. The molecule has 0 spiro atoms. The fourth-order valence-corrected chi connectivity index (χ4v) is 6.22. The van der Waals surface area contributed by atoms with Gasteiger partial charge in [0.15, 0.2) is 0 Å². The van der Waals surface area contributed by atoms with E-state index in [1.165, 1.54) is 38.5 Å². The first-order valence-electron chi connectivity index (χ1n) is 6.79. The monoisotopic (exact) mass is 392 g/mol. The molecule has 100 valence electrons. The fourth-order valence-electron chi connectivity index (χ4n) is 3.31. The summed E-state index contributed by atoms with van der Waals surface area (Å²) in [4.78, 5) is 0. The molecule has 1 N–H and O–H groups in total. The van der Waals surface area contributed by atoms with Crippen LogP contribution >= 0.6 is 43.2 Å². The van der Waals surface area contributed by atoms with Gasteiger partial charge in [-0.1, -0.05) is 38.5 Å². The van der Waals surface area contributed by atoms with Gasteiger partial charge in [0, 0.05) is 5.56 Å². The van der Waals surface area contributed by atoms with Crippen molar-refractivity contribution in [3.05, 3.63) is 19.2 Å². The van der Waals surface area contributed by atoms with Crippen LogP contribution in [0.2, 0.25) is 0 Å². The Balaban J connectivity index is 1.82. The largest absolute Gasteiger partial charge is 0.388 e. The number of hydrogen-bond acceptors (Lipinski definition) is 2. The van der Waals surface area contributed by atoms with Crippen molar-refractivity contribution in [2.45, 2.75) is 44.6 Å². The van der Waals surface area contributed by atoms with Gasteiger partial charge in [-0.05, 0) is 55.7 Å². The molecular weight excluding hydrogens is 376 g/mol. The van der Waals surface area contributed by atoms with Gasteiger partial charge in [-0.3, -0.25) is 0 Å². The molecule has 1 atom stereocenters. The van der Waals surface area contributed by atoms with Crippen LogP contribution in [0.1, 0.15) is 50.2 Å². The zero-order chi connectivity index (χ0) is 12.7. The van der Waals surface area contributed by atoms with Crippen LogP contribution in [-0.4, -0.2) is 5.11 Å². The third-order valence-corrected chi connectivity index (χ3v) is 7.14. The van der Waals surface area contributed by atoms with Crippen LogP contribution in [0.3, 0.4) is 0 Å². The molecule has 0 bridgehead atoms. The normalized spacial score (nSPS) is 22.9. The maximum absolute atomic E-state index is 10.8. The maximum Gasteiger partial charge on any atom is 0.0843 e. The SMILES string of the molecule is OC(c1cc(Br)sc1Br)C(C1CCC1)C1CCC1. The molecule has 1 unspecified atom stereocenters. The van der Waals surface area contributed by atoms with Crippen molar-refractivity contribution < 1.29 is 5.11 Å². The van der Waals surface area contributed by atoms with Crippen molar-refractivity contribution in [3.8, 4) is 0 Å². The lowest BCUT2D eigenvalue weighted by Crippen LogP contribution is -2.36. The molecule has 0 aromatic carbocycles. The molecule has 1 aromatic rings. The first-order valence-corrected chi connectivity index (χ1v) is 9.20. The standard InChI is InChI=1S/C14H18Br2OS/c15-11-7-10(14(16)18-11)13(17)12(8-3-1-4-8)9-5-2-6-9/h7-9,12-13,17H,1-6H2. The van der Waals surface area contributed by atoms with Crippen LogP contribution in [0.5, 0.6) is 0 Å². The summed E-state index contributed by atoms with van der Waals surface area (Å²) in [5.41, 5.74) is 1.09. The average Bonchev–Trinajstić information content (AvgIpc) is 2.50. The predicted octanol–water partition coefficient (Wildman–Crippen LogP) is 5.52. The highest BCUT2D eigenvalue weighted by molar-refractivity contribution is 9.12. The highest BCUT2D eigenvalue weighted by Gasteiger charge is 2.41. The van der Waals surface area contributed by atoms with Gasteiger partial charge in [0.2, 0.25) is 0 Å². The Morgan fingerprint density at radius 3 is 2.00 bits per heavy atom. The number of aliphatic hydroxyl groups is 1. The molecule has 2 aliphatic rings. The van der Waals surface area contributed by atoms with E-state index in [1.54, 1.807) is 11.3 Å². The molecule has 0 saturated heterocycles. The third-order valence-electron chi connectivity index (χ3n) is 4.75. The summed E-state index contributed by atoms with van der Waals surface area (Å²) in [7, 11) is 0. The average molecular weight is 394 g/mol. The molecule has 0 amide bonds. The summed E-state index contributed by atoms with van der Waals surface area (Å²) in [5.74, 6) is 2.01. The molecule has 2 saturated carbocycles.